The van der Waals surface area contributed by atoms with Gasteiger partial charge in [0.05, 0.1) is 12.2 Å². The Balaban J connectivity index is 3.27. The lowest BCUT2D eigenvalue weighted by Crippen LogP contribution is -2.02. The van der Waals surface area contributed by atoms with Gasteiger partial charge < -0.3 is 5.11 Å². The molecule has 0 aliphatic carbocycles. The molecule has 0 unspecified atom stereocenters. The van der Waals surface area contributed by atoms with E-state index in [1.165, 1.54) is 6.92 Å². The SMILES string of the molecule is Cc1cc(C(F)F)c(F)c(CO)n1. The van der Waals surface area contributed by atoms with E-state index in [-0.39, 0.29) is 11.4 Å². The van der Waals surface area contributed by atoms with Gasteiger partial charge in [-0.25, -0.2) is 13.2 Å². The molecule has 0 amide bonds. The number of rotatable bonds is 2. The lowest BCUT2D eigenvalue weighted by molar-refractivity contribution is 0.145. The van der Waals surface area contributed by atoms with Crippen LogP contribution in [-0.2, 0) is 6.61 Å². The van der Waals surface area contributed by atoms with Crippen LogP contribution in [0.15, 0.2) is 6.07 Å². The standard InChI is InChI=1S/C8H8F3NO/c1-4-2-5(8(10)11)7(9)6(3-13)12-4/h2,8,13H,3H2,1H3. The normalized spacial score (nSPS) is 10.9. The van der Waals surface area contributed by atoms with Crippen LogP contribution in [0.3, 0.4) is 0 Å². The van der Waals surface area contributed by atoms with Gasteiger partial charge in [-0.15, -0.1) is 0 Å². The van der Waals surface area contributed by atoms with Crippen LogP contribution in [0, 0.1) is 12.7 Å². The number of hydrogen-bond acceptors (Lipinski definition) is 2. The highest BCUT2D eigenvalue weighted by Crippen LogP contribution is 2.24. The van der Waals surface area contributed by atoms with Gasteiger partial charge in [-0.3, -0.25) is 4.98 Å². The number of halogens is 3. The highest BCUT2D eigenvalue weighted by Gasteiger charge is 2.17. The quantitative estimate of drug-likeness (QED) is 0.775. The smallest absolute Gasteiger partial charge is 0.266 e. The summed E-state index contributed by atoms with van der Waals surface area (Å²) in [7, 11) is 0. The van der Waals surface area contributed by atoms with E-state index in [0.29, 0.717) is 0 Å². The Kier molecular flexibility index (Phi) is 2.87. The Hall–Kier alpha value is -1.10. The van der Waals surface area contributed by atoms with Gasteiger partial charge in [-0.2, -0.15) is 0 Å². The molecule has 0 saturated carbocycles. The van der Waals surface area contributed by atoms with E-state index in [1.54, 1.807) is 0 Å². The van der Waals surface area contributed by atoms with Crippen molar-refractivity contribution in [2.75, 3.05) is 0 Å². The first-order valence-corrected chi connectivity index (χ1v) is 3.61. The van der Waals surface area contributed by atoms with E-state index < -0.39 is 24.4 Å². The predicted molar refractivity (Wildman–Crippen MR) is 39.8 cm³/mol. The third-order valence-corrected chi connectivity index (χ3v) is 1.57. The summed E-state index contributed by atoms with van der Waals surface area (Å²) in [6.45, 7) is 0.789. The van der Waals surface area contributed by atoms with Crippen LogP contribution in [0.4, 0.5) is 13.2 Å². The Morgan fingerprint density at radius 1 is 1.54 bits per heavy atom. The molecule has 13 heavy (non-hydrogen) atoms. The van der Waals surface area contributed by atoms with Crippen molar-refractivity contribution in [1.82, 2.24) is 4.98 Å². The second-order valence-electron chi connectivity index (χ2n) is 2.57. The van der Waals surface area contributed by atoms with Gasteiger partial charge in [0.1, 0.15) is 5.69 Å². The molecule has 0 spiro atoms. The van der Waals surface area contributed by atoms with Crippen molar-refractivity contribution in [1.29, 1.82) is 0 Å². The van der Waals surface area contributed by atoms with Crippen molar-refractivity contribution in [2.24, 2.45) is 0 Å². The number of hydrogen-bond donors (Lipinski definition) is 1. The minimum atomic E-state index is -2.88. The molecule has 0 fully saturated rings. The Morgan fingerprint density at radius 3 is 2.62 bits per heavy atom. The van der Waals surface area contributed by atoms with Gasteiger partial charge in [0.25, 0.3) is 6.43 Å². The minimum absolute atomic E-state index is 0.265. The van der Waals surface area contributed by atoms with Crippen LogP contribution in [0.5, 0.6) is 0 Å². The largest absolute Gasteiger partial charge is 0.390 e. The first-order valence-electron chi connectivity index (χ1n) is 3.61. The maximum Gasteiger partial charge on any atom is 0.266 e. The molecular weight excluding hydrogens is 183 g/mol. The molecular formula is C8H8F3NO. The zero-order valence-electron chi connectivity index (χ0n) is 6.89. The summed E-state index contributed by atoms with van der Waals surface area (Å²) in [5.74, 6) is -1.12. The molecule has 1 N–H and O–H groups in total. The molecule has 1 heterocycles. The number of alkyl halides is 2. The van der Waals surface area contributed by atoms with Crippen molar-refractivity contribution in [3.63, 3.8) is 0 Å². The molecule has 72 valence electrons. The summed E-state index contributed by atoms with van der Waals surface area (Å²) >= 11 is 0. The lowest BCUT2D eigenvalue weighted by Gasteiger charge is -2.06. The second kappa shape index (κ2) is 3.74. The average molecular weight is 191 g/mol. The fourth-order valence-electron chi connectivity index (χ4n) is 1.01. The first kappa shape index (κ1) is 9.98. The van der Waals surface area contributed by atoms with E-state index in [2.05, 4.69) is 4.98 Å². The summed E-state index contributed by atoms with van der Waals surface area (Å²) in [6, 6.07) is 0.971. The van der Waals surface area contributed by atoms with Crippen LogP contribution in [0.1, 0.15) is 23.4 Å². The Bertz CT molecular complexity index is 315. The predicted octanol–water partition coefficient (Wildman–Crippen LogP) is 1.96. The number of aliphatic hydroxyl groups excluding tert-OH is 1. The van der Waals surface area contributed by atoms with Gasteiger partial charge in [-0.05, 0) is 13.0 Å². The summed E-state index contributed by atoms with van der Waals surface area (Å²) in [5.41, 5.74) is -0.785. The van der Waals surface area contributed by atoms with E-state index in [0.717, 1.165) is 6.07 Å². The molecule has 1 rings (SSSR count). The van der Waals surface area contributed by atoms with Crippen molar-refractivity contribution in [3.05, 3.63) is 28.8 Å². The lowest BCUT2D eigenvalue weighted by atomic mass is 10.2. The fraction of sp³-hybridized carbons (Fsp3) is 0.375. The molecule has 5 heteroatoms. The van der Waals surface area contributed by atoms with Crippen molar-refractivity contribution in [3.8, 4) is 0 Å². The van der Waals surface area contributed by atoms with Crippen molar-refractivity contribution < 1.29 is 18.3 Å². The van der Waals surface area contributed by atoms with Gasteiger partial charge in [-0.1, -0.05) is 0 Å². The van der Waals surface area contributed by atoms with Gasteiger partial charge in [0, 0.05) is 5.69 Å². The van der Waals surface area contributed by atoms with E-state index in [1.807, 2.05) is 0 Å². The summed E-state index contributed by atoms with van der Waals surface area (Å²) in [6.07, 6.45) is -2.88. The van der Waals surface area contributed by atoms with E-state index in [4.69, 9.17) is 5.11 Å². The number of aromatic nitrogens is 1. The number of nitrogens with zero attached hydrogens (tertiary/aromatic N) is 1. The summed E-state index contributed by atoms with van der Waals surface area (Å²) < 4.78 is 37.4. The van der Waals surface area contributed by atoms with E-state index >= 15 is 0 Å². The molecule has 0 bridgehead atoms. The van der Waals surface area contributed by atoms with Crippen LogP contribution in [0.25, 0.3) is 0 Å². The zero-order valence-corrected chi connectivity index (χ0v) is 6.89. The number of aryl methyl sites for hydroxylation is 1. The minimum Gasteiger partial charge on any atom is -0.390 e. The van der Waals surface area contributed by atoms with Gasteiger partial charge in [0.15, 0.2) is 5.82 Å². The summed E-state index contributed by atoms with van der Waals surface area (Å²) in [5, 5.41) is 8.60. The first-order chi connectivity index (χ1) is 6.06. The summed E-state index contributed by atoms with van der Waals surface area (Å²) in [4.78, 5) is 3.58. The van der Waals surface area contributed by atoms with Crippen molar-refractivity contribution in [2.45, 2.75) is 20.0 Å². The molecule has 0 atom stereocenters. The van der Waals surface area contributed by atoms with Crippen LogP contribution in [0.2, 0.25) is 0 Å². The fourth-order valence-corrected chi connectivity index (χ4v) is 1.01. The molecule has 0 radical (unpaired) electrons. The molecule has 0 aliphatic heterocycles. The molecule has 0 aromatic carbocycles. The van der Waals surface area contributed by atoms with Crippen LogP contribution < -0.4 is 0 Å². The second-order valence-corrected chi connectivity index (χ2v) is 2.57. The highest BCUT2D eigenvalue weighted by molar-refractivity contribution is 5.24. The Morgan fingerprint density at radius 2 is 2.15 bits per heavy atom. The average Bonchev–Trinajstić information content (AvgIpc) is 2.08. The third-order valence-electron chi connectivity index (χ3n) is 1.57. The monoisotopic (exact) mass is 191 g/mol. The molecule has 1 aromatic heterocycles. The number of aliphatic hydroxyl groups is 1. The maximum atomic E-state index is 13.0. The van der Waals surface area contributed by atoms with Crippen LogP contribution in [-0.4, -0.2) is 10.1 Å². The molecule has 2 nitrogen and oxygen atoms in total. The highest BCUT2D eigenvalue weighted by atomic mass is 19.3. The zero-order chi connectivity index (χ0) is 10.0. The third kappa shape index (κ3) is 1.98. The topological polar surface area (TPSA) is 33.1 Å². The molecule has 0 aliphatic rings. The van der Waals surface area contributed by atoms with Crippen LogP contribution >= 0.6 is 0 Å². The van der Waals surface area contributed by atoms with Crippen molar-refractivity contribution >= 4 is 0 Å². The van der Waals surface area contributed by atoms with E-state index in [9.17, 15) is 13.2 Å². The molecule has 1 aromatic rings. The van der Waals surface area contributed by atoms with Gasteiger partial charge >= 0.3 is 0 Å². The molecule has 0 saturated heterocycles. The number of pyridine rings is 1. The Labute approximate surface area is 73.0 Å². The van der Waals surface area contributed by atoms with Gasteiger partial charge in [0.2, 0.25) is 0 Å². The maximum absolute atomic E-state index is 13.0.